The first-order valence-electron chi connectivity index (χ1n) is 6.08. The van der Waals surface area contributed by atoms with Crippen LogP contribution in [0.3, 0.4) is 0 Å². The second-order valence-corrected chi connectivity index (χ2v) is 5.17. The molecule has 17 heavy (non-hydrogen) atoms. The van der Waals surface area contributed by atoms with E-state index in [4.69, 9.17) is 5.11 Å². The van der Waals surface area contributed by atoms with Gasteiger partial charge in [-0.15, -0.1) is 0 Å². The first-order chi connectivity index (χ1) is 8.26. The molecule has 1 rings (SSSR count). The van der Waals surface area contributed by atoms with Crippen LogP contribution < -0.4 is 10.6 Å². The summed E-state index contributed by atoms with van der Waals surface area (Å²) in [5, 5.41) is 14.8. The van der Waals surface area contributed by atoms with E-state index in [0.717, 1.165) is 25.0 Å². The lowest BCUT2D eigenvalue weighted by Crippen LogP contribution is -2.47. The molecule has 0 bridgehead atoms. The van der Waals surface area contributed by atoms with Crippen molar-refractivity contribution < 1.29 is 9.90 Å². The summed E-state index contributed by atoms with van der Waals surface area (Å²) in [6.45, 7) is 0.109. The van der Waals surface area contributed by atoms with Gasteiger partial charge < -0.3 is 15.7 Å². The van der Waals surface area contributed by atoms with E-state index in [2.05, 4.69) is 22.8 Å². The van der Waals surface area contributed by atoms with Crippen molar-refractivity contribution in [1.82, 2.24) is 10.6 Å². The van der Waals surface area contributed by atoms with Gasteiger partial charge in [0.2, 0.25) is 0 Å². The average Bonchev–Trinajstić information content (AvgIpc) is 2.30. The van der Waals surface area contributed by atoms with Crippen LogP contribution >= 0.6 is 11.8 Å². The molecule has 0 saturated carbocycles. The van der Waals surface area contributed by atoms with Gasteiger partial charge in [-0.1, -0.05) is 12.2 Å². The van der Waals surface area contributed by atoms with E-state index in [0.29, 0.717) is 6.42 Å². The van der Waals surface area contributed by atoms with Gasteiger partial charge in [0, 0.05) is 24.4 Å². The molecule has 3 N–H and O–H groups in total. The number of rotatable bonds is 6. The number of carbonyl (C=O) groups is 1. The van der Waals surface area contributed by atoms with Crippen molar-refractivity contribution in [1.29, 1.82) is 0 Å². The SMILES string of the molecule is CSCC(CCO)NC(=O)NC1CC=CCC1. The molecule has 0 fully saturated rings. The Morgan fingerprint density at radius 2 is 2.41 bits per heavy atom. The zero-order valence-corrected chi connectivity index (χ0v) is 11.1. The molecule has 2 unspecified atom stereocenters. The van der Waals surface area contributed by atoms with Crippen LogP contribution in [0.5, 0.6) is 0 Å². The van der Waals surface area contributed by atoms with Crippen LogP contribution in [0, 0.1) is 0 Å². The van der Waals surface area contributed by atoms with Gasteiger partial charge in [-0.3, -0.25) is 0 Å². The Morgan fingerprint density at radius 1 is 1.59 bits per heavy atom. The normalized spacial score (nSPS) is 20.9. The molecular weight excluding hydrogens is 236 g/mol. The van der Waals surface area contributed by atoms with E-state index in [1.54, 1.807) is 11.8 Å². The molecule has 0 aromatic carbocycles. The van der Waals surface area contributed by atoms with Crippen LogP contribution in [0.25, 0.3) is 0 Å². The van der Waals surface area contributed by atoms with Gasteiger partial charge in [-0.2, -0.15) is 11.8 Å². The highest BCUT2D eigenvalue weighted by atomic mass is 32.2. The monoisotopic (exact) mass is 258 g/mol. The van der Waals surface area contributed by atoms with Crippen molar-refractivity contribution in [3.63, 3.8) is 0 Å². The minimum atomic E-state index is -0.113. The van der Waals surface area contributed by atoms with Gasteiger partial charge in [0.05, 0.1) is 0 Å². The maximum atomic E-state index is 11.7. The summed E-state index contributed by atoms with van der Waals surface area (Å²) in [5.74, 6) is 0.832. The molecule has 0 saturated heterocycles. The van der Waals surface area contributed by atoms with Gasteiger partial charge >= 0.3 is 6.03 Å². The van der Waals surface area contributed by atoms with E-state index in [-0.39, 0.29) is 24.7 Å². The molecule has 0 aliphatic heterocycles. The van der Waals surface area contributed by atoms with E-state index in [1.807, 2.05) is 6.26 Å². The lowest BCUT2D eigenvalue weighted by Gasteiger charge is -2.22. The predicted octanol–water partition coefficient (Wildman–Crippen LogP) is 1.51. The predicted molar refractivity (Wildman–Crippen MR) is 72.3 cm³/mol. The van der Waals surface area contributed by atoms with Crippen molar-refractivity contribution in [3.05, 3.63) is 12.2 Å². The topological polar surface area (TPSA) is 61.4 Å². The maximum absolute atomic E-state index is 11.7. The molecular formula is C12H22N2O2S. The van der Waals surface area contributed by atoms with Gasteiger partial charge in [0.1, 0.15) is 0 Å². The van der Waals surface area contributed by atoms with E-state index >= 15 is 0 Å². The van der Waals surface area contributed by atoms with Crippen LogP contribution in [0.15, 0.2) is 12.2 Å². The van der Waals surface area contributed by atoms with Crippen molar-refractivity contribution in [2.45, 2.75) is 37.8 Å². The zero-order valence-electron chi connectivity index (χ0n) is 10.3. The Hall–Kier alpha value is -0.680. The summed E-state index contributed by atoms with van der Waals surface area (Å²) in [4.78, 5) is 11.7. The number of hydrogen-bond acceptors (Lipinski definition) is 3. The summed E-state index contributed by atoms with van der Waals surface area (Å²) in [5.41, 5.74) is 0. The molecule has 0 spiro atoms. The van der Waals surface area contributed by atoms with Crippen molar-refractivity contribution in [2.24, 2.45) is 0 Å². The third kappa shape index (κ3) is 5.98. The maximum Gasteiger partial charge on any atom is 0.315 e. The number of nitrogens with one attached hydrogen (secondary N) is 2. The molecule has 0 aromatic heterocycles. The molecule has 5 heteroatoms. The first kappa shape index (κ1) is 14.4. The third-order valence-corrected chi connectivity index (χ3v) is 3.52. The molecule has 0 radical (unpaired) electrons. The number of hydrogen-bond donors (Lipinski definition) is 3. The summed E-state index contributed by atoms with van der Waals surface area (Å²) < 4.78 is 0. The minimum absolute atomic E-state index is 0.0501. The molecule has 98 valence electrons. The Balaban J connectivity index is 2.28. The number of aliphatic hydroxyl groups excluding tert-OH is 1. The van der Waals surface area contributed by atoms with Gasteiger partial charge in [-0.25, -0.2) is 4.79 Å². The quantitative estimate of drug-likeness (QED) is 0.633. The number of amides is 2. The molecule has 0 heterocycles. The summed E-state index contributed by atoms with van der Waals surface area (Å²) >= 11 is 1.67. The van der Waals surface area contributed by atoms with Gasteiger partial charge in [0.15, 0.2) is 0 Å². The Bertz CT molecular complexity index is 253. The average molecular weight is 258 g/mol. The standard InChI is InChI=1S/C12H22N2O2S/c1-17-9-11(7-8-15)14-12(16)13-10-5-3-2-4-6-10/h2-3,10-11,15H,4-9H2,1H3,(H2,13,14,16). The highest BCUT2D eigenvalue weighted by Gasteiger charge is 2.15. The molecule has 4 nitrogen and oxygen atoms in total. The molecule has 1 aliphatic rings. The molecule has 0 aromatic rings. The van der Waals surface area contributed by atoms with Crippen LogP contribution in [-0.4, -0.2) is 41.8 Å². The fourth-order valence-electron chi connectivity index (χ4n) is 1.89. The highest BCUT2D eigenvalue weighted by Crippen LogP contribution is 2.10. The largest absolute Gasteiger partial charge is 0.396 e. The van der Waals surface area contributed by atoms with Gasteiger partial charge in [0.25, 0.3) is 0 Å². The summed E-state index contributed by atoms with van der Waals surface area (Å²) in [7, 11) is 0. The van der Waals surface area contributed by atoms with E-state index in [9.17, 15) is 4.79 Å². The van der Waals surface area contributed by atoms with Crippen molar-refractivity contribution in [3.8, 4) is 0 Å². The third-order valence-electron chi connectivity index (χ3n) is 2.78. The Kier molecular flexibility index (Phi) is 7.12. The second-order valence-electron chi connectivity index (χ2n) is 4.26. The second kappa shape index (κ2) is 8.42. The Morgan fingerprint density at radius 3 is 3.00 bits per heavy atom. The fourth-order valence-corrected chi connectivity index (χ4v) is 2.54. The van der Waals surface area contributed by atoms with Crippen LogP contribution in [0.2, 0.25) is 0 Å². The fraction of sp³-hybridized carbons (Fsp3) is 0.750. The van der Waals surface area contributed by atoms with Crippen molar-refractivity contribution in [2.75, 3.05) is 18.6 Å². The number of urea groups is 1. The molecule has 1 aliphatic carbocycles. The molecule has 2 amide bonds. The van der Waals surface area contributed by atoms with Crippen LogP contribution in [0.1, 0.15) is 25.7 Å². The highest BCUT2D eigenvalue weighted by molar-refractivity contribution is 7.98. The van der Waals surface area contributed by atoms with Crippen molar-refractivity contribution >= 4 is 17.8 Å². The number of allylic oxidation sites excluding steroid dienone is 1. The van der Waals surface area contributed by atoms with Crippen LogP contribution in [-0.2, 0) is 0 Å². The zero-order chi connectivity index (χ0) is 12.5. The number of aliphatic hydroxyl groups is 1. The van der Waals surface area contributed by atoms with Crippen LogP contribution in [0.4, 0.5) is 4.79 Å². The minimum Gasteiger partial charge on any atom is -0.396 e. The van der Waals surface area contributed by atoms with Gasteiger partial charge in [-0.05, 0) is 31.9 Å². The number of thioether (sulfide) groups is 1. The summed E-state index contributed by atoms with van der Waals surface area (Å²) in [6, 6.07) is 0.191. The molecule has 2 atom stereocenters. The Labute approximate surface area is 107 Å². The first-order valence-corrected chi connectivity index (χ1v) is 7.47. The smallest absolute Gasteiger partial charge is 0.315 e. The van der Waals surface area contributed by atoms with E-state index in [1.165, 1.54) is 0 Å². The lowest BCUT2D eigenvalue weighted by atomic mass is 10.0. The lowest BCUT2D eigenvalue weighted by molar-refractivity contribution is 0.227. The van der Waals surface area contributed by atoms with E-state index < -0.39 is 0 Å². The summed E-state index contributed by atoms with van der Waals surface area (Å²) in [6.07, 6.45) is 9.84. The number of carbonyl (C=O) groups excluding carboxylic acids is 1.